The number of aromatic hydroxyl groups is 1. The SMILES string of the molecule is CCNC(=NCc1ccc(O)cc1)N(C)CCOc1ccccc1. The lowest BCUT2D eigenvalue weighted by Crippen LogP contribution is -2.40. The molecule has 0 spiro atoms. The third-order valence-corrected chi connectivity index (χ3v) is 3.48. The van der Waals surface area contributed by atoms with E-state index in [2.05, 4.69) is 10.3 Å². The maximum Gasteiger partial charge on any atom is 0.194 e. The quantitative estimate of drug-likeness (QED) is 0.606. The van der Waals surface area contributed by atoms with E-state index < -0.39 is 0 Å². The van der Waals surface area contributed by atoms with Crippen LogP contribution in [0, 0.1) is 0 Å². The van der Waals surface area contributed by atoms with Crippen molar-refractivity contribution >= 4 is 5.96 Å². The van der Waals surface area contributed by atoms with Crippen LogP contribution in [0.3, 0.4) is 0 Å². The summed E-state index contributed by atoms with van der Waals surface area (Å²) in [6, 6.07) is 16.9. The molecule has 0 aromatic heterocycles. The summed E-state index contributed by atoms with van der Waals surface area (Å²) in [6.07, 6.45) is 0. The van der Waals surface area contributed by atoms with Gasteiger partial charge in [-0.3, -0.25) is 0 Å². The lowest BCUT2D eigenvalue weighted by atomic mass is 10.2. The molecule has 2 aromatic carbocycles. The molecule has 128 valence electrons. The van der Waals surface area contributed by atoms with E-state index in [0.717, 1.165) is 30.4 Å². The number of hydrogen-bond donors (Lipinski definition) is 2. The number of nitrogens with one attached hydrogen (secondary N) is 1. The van der Waals surface area contributed by atoms with Crippen molar-refractivity contribution < 1.29 is 9.84 Å². The van der Waals surface area contributed by atoms with Crippen LogP contribution >= 0.6 is 0 Å². The van der Waals surface area contributed by atoms with Gasteiger partial charge in [0.25, 0.3) is 0 Å². The molecule has 2 aromatic rings. The van der Waals surface area contributed by atoms with Gasteiger partial charge in [0.1, 0.15) is 18.1 Å². The van der Waals surface area contributed by atoms with Crippen molar-refractivity contribution in [3.05, 3.63) is 60.2 Å². The molecule has 0 saturated heterocycles. The summed E-state index contributed by atoms with van der Waals surface area (Å²) in [5, 5.41) is 12.6. The predicted molar refractivity (Wildman–Crippen MR) is 97.5 cm³/mol. The lowest BCUT2D eigenvalue weighted by Gasteiger charge is -2.22. The molecule has 5 nitrogen and oxygen atoms in total. The fourth-order valence-electron chi connectivity index (χ4n) is 2.16. The number of rotatable bonds is 7. The number of phenolic OH excluding ortho intramolecular Hbond substituents is 1. The van der Waals surface area contributed by atoms with Gasteiger partial charge in [0, 0.05) is 13.6 Å². The molecule has 0 aliphatic carbocycles. The first-order valence-electron chi connectivity index (χ1n) is 8.14. The molecular weight excluding hydrogens is 302 g/mol. The molecule has 0 radical (unpaired) electrons. The van der Waals surface area contributed by atoms with Gasteiger partial charge >= 0.3 is 0 Å². The van der Waals surface area contributed by atoms with Crippen molar-refractivity contribution in [2.24, 2.45) is 4.99 Å². The van der Waals surface area contributed by atoms with E-state index in [4.69, 9.17) is 4.74 Å². The molecule has 0 atom stereocenters. The fourth-order valence-corrected chi connectivity index (χ4v) is 2.16. The minimum absolute atomic E-state index is 0.268. The molecule has 24 heavy (non-hydrogen) atoms. The molecule has 2 N–H and O–H groups in total. The van der Waals surface area contributed by atoms with Crippen LogP contribution in [0.1, 0.15) is 12.5 Å². The molecule has 0 aliphatic rings. The van der Waals surface area contributed by atoms with Crippen LogP contribution in [-0.4, -0.2) is 42.7 Å². The van der Waals surface area contributed by atoms with Gasteiger partial charge in [0.2, 0.25) is 0 Å². The second-order valence-electron chi connectivity index (χ2n) is 5.42. The Bertz CT molecular complexity index is 627. The number of ether oxygens (including phenoxy) is 1. The van der Waals surface area contributed by atoms with Crippen LogP contribution in [-0.2, 0) is 6.54 Å². The first-order valence-corrected chi connectivity index (χ1v) is 8.14. The van der Waals surface area contributed by atoms with Crippen molar-refractivity contribution in [1.82, 2.24) is 10.2 Å². The lowest BCUT2D eigenvalue weighted by molar-refractivity contribution is 0.281. The highest BCUT2D eigenvalue weighted by Gasteiger charge is 2.05. The average molecular weight is 327 g/mol. The standard InChI is InChI=1S/C19H25N3O2/c1-3-20-19(21-15-16-9-11-17(23)12-10-16)22(2)13-14-24-18-7-5-4-6-8-18/h4-12,23H,3,13-15H2,1-2H3,(H,20,21). The van der Waals surface area contributed by atoms with Crippen LogP contribution in [0.4, 0.5) is 0 Å². The third-order valence-electron chi connectivity index (χ3n) is 3.48. The fraction of sp³-hybridized carbons (Fsp3) is 0.316. The van der Waals surface area contributed by atoms with Crippen molar-refractivity contribution in [2.45, 2.75) is 13.5 Å². The maximum atomic E-state index is 9.33. The number of likely N-dealkylation sites (N-methyl/N-ethyl adjacent to an activating group) is 1. The highest BCUT2D eigenvalue weighted by Crippen LogP contribution is 2.10. The van der Waals surface area contributed by atoms with E-state index in [1.54, 1.807) is 12.1 Å². The highest BCUT2D eigenvalue weighted by molar-refractivity contribution is 5.79. The zero-order valence-electron chi connectivity index (χ0n) is 14.3. The van der Waals surface area contributed by atoms with Crippen molar-refractivity contribution in [3.63, 3.8) is 0 Å². The molecule has 0 heterocycles. The van der Waals surface area contributed by atoms with Gasteiger partial charge in [-0.2, -0.15) is 0 Å². The predicted octanol–water partition coefficient (Wildman–Crippen LogP) is 2.87. The van der Waals surface area contributed by atoms with Crippen LogP contribution < -0.4 is 10.1 Å². The minimum atomic E-state index is 0.268. The molecule has 0 fully saturated rings. The van der Waals surface area contributed by atoms with Gasteiger partial charge in [-0.25, -0.2) is 4.99 Å². The Morgan fingerprint density at radius 3 is 2.50 bits per heavy atom. The normalized spacial score (nSPS) is 11.2. The van der Waals surface area contributed by atoms with Gasteiger partial charge in [-0.1, -0.05) is 30.3 Å². The monoisotopic (exact) mass is 327 g/mol. The largest absolute Gasteiger partial charge is 0.508 e. The van der Waals surface area contributed by atoms with Gasteiger partial charge < -0.3 is 20.1 Å². The Morgan fingerprint density at radius 1 is 1.12 bits per heavy atom. The Labute approximate surface area is 143 Å². The van der Waals surface area contributed by atoms with E-state index in [-0.39, 0.29) is 5.75 Å². The van der Waals surface area contributed by atoms with Crippen molar-refractivity contribution in [3.8, 4) is 11.5 Å². The van der Waals surface area contributed by atoms with Gasteiger partial charge in [-0.05, 0) is 36.8 Å². The summed E-state index contributed by atoms with van der Waals surface area (Å²) in [6.45, 7) is 4.73. The average Bonchev–Trinajstić information content (AvgIpc) is 2.61. The van der Waals surface area contributed by atoms with E-state index in [9.17, 15) is 5.11 Å². The van der Waals surface area contributed by atoms with Crippen molar-refractivity contribution in [1.29, 1.82) is 0 Å². The Hall–Kier alpha value is -2.69. The number of guanidine groups is 1. The molecule has 0 aliphatic heterocycles. The smallest absolute Gasteiger partial charge is 0.194 e. The first kappa shape index (κ1) is 17.7. The molecule has 5 heteroatoms. The molecule has 0 unspecified atom stereocenters. The van der Waals surface area contributed by atoms with Crippen LogP contribution in [0.5, 0.6) is 11.5 Å². The Morgan fingerprint density at radius 2 is 1.83 bits per heavy atom. The van der Waals surface area contributed by atoms with E-state index in [1.807, 2.05) is 61.3 Å². The van der Waals surface area contributed by atoms with Crippen LogP contribution in [0.25, 0.3) is 0 Å². The number of para-hydroxylation sites is 1. The number of hydrogen-bond acceptors (Lipinski definition) is 3. The number of phenols is 1. The molecule has 0 saturated carbocycles. The zero-order chi connectivity index (χ0) is 17.2. The summed E-state index contributed by atoms with van der Waals surface area (Å²) in [5.41, 5.74) is 1.05. The number of aliphatic imine (C=N–C) groups is 1. The summed E-state index contributed by atoms with van der Waals surface area (Å²) in [7, 11) is 1.99. The van der Waals surface area contributed by atoms with Gasteiger partial charge in [-0.15, -0.1) is 0 Å². The van der Waals surface area contributed by atoms with E-state index >= 15 is 0 Å². The number of nitrogens with zero attached hydrogens (tertiary/aromatic N) is 2. The topological polar surface area (TPSA) is 57.1 Å². The molecule has 0 bridgehead atoms. The molecular formula is C19H25N3O2. The summed E-state index contributed by atoms with van der Waals surface area (Å²) in [5.74, 6) is 1.98. The second-order valence-corrected chi connectivity index (χ2v) is 5.42. The van der Waals surface area contributed by atoms with Gasteiger partial charge in [0.15, 0.2) is 5.96 Å². The minimum Gasteiger partial charge on any atom is -0.508 e. The highest BCUT2D eigenvalue weighted by atomic mass is 16.5. The summed E-state index contributed by atoms with van der Waals surface area (Å²) in [4.78, 5) is 6.68. The second kappa shape index (κ2) is 9.45. The Balaban J connectivity index is 1.87. The van der Waals surface area contributed by atoms with E-state index in [0.29, 0.717) is 13.2 Å². The van der Waals surface area contributed by atoms with E-state index in [1.165, 1.54) is 0 Å². The number of benzene rings is 2. The van der Waals surface area contributed by atoms with Crippen LogP contribution in [0.2, 0.25) is 0 Å². The zero-order valence-corrected chi connectivity index (χ0v) is 14.3. The van der Waals surface area contributed by atoms with Gasteiger partial charge in [0.05, 0.1) is 13.1 Å². The van der Waals surface area contributed by atoms with Crippen molar-refractivity contribution in [2.75, 3.05) is 26.7 Å². The maximum absolute atomic E-state index is 9.33. The summed E-state index contributed by atoms with van der Waals surface area (Å²) < 4.78 is 5.73. The van der Waals surface area contributed by atoms with Crippen LogP contribution in [0.15, 0.2) is 59.6 Å². The third kappa shape index (κ3) is 5.83. The summed E-state index contributed by atoms with van der Waals surface area (Å²) >= 11 is 0. The molecule has 2 rings (SSSR count). The Kier molecular flexibility index (Phi) is 6.95. The molecule has 0 amide bonds. The first-order chi connectivity index (χ1) is 11.7.